The molecular weight excluding hydrogens is 292 g/mol. The van der Waals surface area contributed by atoms with Crippen molar-refractivity contribution in [1.82, 2.24) is 4.90 Å². The van der Waals surface area contributed by atoms with Gasteiger partial charge >= 0.3 is 6.09 Å². The Morgan fingerprint density at radius 1 is 1.39 bits per heavy atom. The highest BCUT2D eigenvalue weighted by atomic mass is 16.6. The van der Waals surface area contributed by atoms with E-state index in [0.29, 0.717) is 13.0 Å². The van der Waals surface area contributed by atoms with E-state index < -0.39 is 17.7 Å². The molecule has 0 unspecified atom stereocenters. The smallest absolute Gasteiger partial charge is 0.410 e. The minimum absolute atomic E-state index is 0.274. The summed E-state index contributed by atoms with van der Waals surface area (Å²) in [5.74, 6) is 0. The number of aliphatic hydroxyl groups is 1. The van der Waals surface area contributed by atoms with Crippen LogP contribution in [0.4, 0.5) is 4.79 Å². The largest absolute Gasteiger partial charge is 0.444 e. The number of benzene rings is 1. The molecule has 1 aromatic carbocycles. The first-order valence-electron chi connectivity index (χ1n) is 8.25. The van der Waals surface area contributed by atoms with Crippen molar-refractivity contribution in [3.63, 3.8) is 0 Å². The van der Waals surface area contributed by atoms with Crippen molar-refractivity contribution in [2.75, 3.05) is 6.54 Å². The van der Waals surface area contributed by atoms with Gasteiger partial charge in [-0.25, -0.2) is 4.79 Å². The molecule has 0 bridgehead atoms. The van der Waals surface area contributed by atoms with E-state index in [4.69, 9.17) is 10.5 Å². The summed E-state index contributed by atoms with van der Waals surface area (Å²) in [7, 11) is 0. The third-order valence-electron chi connectivity index (χ3n) is 4.07. The Bertz CT molecular complexity index is 513. The number of rotatable bonds is 4. The molecule has 1 heterocycles. The van der Waals surface area contributed by atoms with Crippen molar-refractivity contribution in [2.45, 2.75) is 63.8 Å². The number of likely N-dealkylation sites (tertiary alicyclic amines) is 1. The van der Waals surface area contributed by atoms with Crippen molar-refractivity contribution in [2.24, 2.45) is 5.73 Å². The summed E-state index contributed by atoms with van der Waals surface area (Å²) < 4.78 is 5.44. The van der Waals surface area contributed by atoms with Crippen LogP contribution in [0.1, 0.15) is 39.2 Å². The molecule has 1 amide bonds. The van der Waals surface area contributed by atoms with Crippen LogP contribution < -0.4 is 5.73 Å². The molecule has 0 aromatic heterocycles. The number of amides is 1. The molecule has 1 aliphatic heterocycles. The van der Waals surface area contributed by atoms with Gasteiger partial charge in [-0.15, -0.1) is 0 Å². The molecule has 0 radical (unpaired) electrons. The monoisotopic (exact) mass is 320 g/mol. The van der Waals surface area contributed by atoms with E-state index in [0.717, 1.165) is 18.4 Å². The lowest BCUT2D eigenvalue weighted by Gasteiger charge is -2.33. The molecule has 2 rings (SSSR count). The summed E-state index contributed by atoms with van der Waals surface area (Å²) in [6.07, 6.45) is 1.07. The van der Waals surface area contributed by atoms with Crippen LogP contribution in [0.25, 0.3) is 0 Å². The van der Waals surface area contributed by atoms with Crippen LogP contribution >= 0.6 is 0 Å². The highest BCUT2D eigenvalue weighted by Gasteiger charge is 2.38. The maximum atomic E-state index is 12.3. The van der Waals surface area contributed by atoms with Gasteiger partial charge in [-0.1, -0.05) is 30.3 Å². The number of nitrogens with two attached hydrogens (primary N) is 1. The molecule has 1 aliphatic rings. The van der Waals surface area contributed by atoms with Gasteiger partial charge in [0.05, 0.1) is 12.1 Å². The van der Waals surface area contributed by atoms with Crippen molar-refractivity contribution >= 4 is 6.09 Å². The SMILES string of the molecule is CC(C)(C)OC(=O)N1CCC[C@H]1[C@H](O)[C@H](N)Cc1ccccc1. The second kappa shape index (κ2) is 7.32. The highest BCUT2D eigenvalue weighted by Crippen LogP contribution is 2.25. The van der Waals surface area contributed by atoms with Crippen LogP contribution in [-0.4, -0.2) is 46.4 Å². The Labute approximate surface area is 138 Å². The van der Waals surface area contributed by atoms with E-state index in [1.165, 1.54) is 0 Å². The second-order valence-corrected chi connectivity index (χ2v) is 7.23. The minimum atomic E-state index is -0.759. The predicted octanol–water partition coefficient (Wildman–Crippen LogP) is 2.32. The Hall–Kier alpha value is -1.59. The maximum Gasteiger partial charge on any atom is 0.410 e. The molecule has 5 heteroatoms. The second-order valence-electron chi connectivity index (χ2n) is 7.23. The summed E-state index contributed by atoms with van der Waals surface area (Å²) in [6.45, 7) is 6.13. The predicted molar refractivity (Wildman–Crippen MR) is 90.1 cm³/mol. The molecule has 0 aliphatic carbocycles. The van der Waals surface area contributed by atoms with Gasteiger partial charge in [-0.05, 0) is 45.6 Å². The van der Waals surface area contributed by atoms with Gasteiger partial charge in [-0.2, -0.15) is 0 Å². The highest BCUT2D eigenvalue weighted by molar-refractivity contribution is 5.69. The Morgan fingerprint density at radius 3 is 2.65 bits per heavy atom. The molecule has 1 saturated heterocycles. The van der Waals surface area contributed by atoms with Gasteiger partial charge in [0.1, 0.15) is 5.60 Å². The van der Waals surface area contributed by atoms with Crippen LogP contribution in [-0.2, 0) is 11.2 Å². The van der Waals surface area contributed by atoms with Crippen molar-refractivity contribution in [1.29, 1.82) is 0 Å². The molecule has 1 fully saturated rings. The van der Waals surface area contributed by atoms with Crippen LogP contribution in [0.5, 0.6) is 0 Å². The Morgan fingerprint density at radius 2 is 2.04 bits per heavy atom. The van der Waals surface area contributed by atoms with Crippen LogP contribution in [0.3, 0.4) is 0 Å². The quantitative estimate of drug-likeness (QED) is 0.892. The van der Waals surface area contributed by atoms with E-state index in [9.17, 15) is 9.90 Å². The fourth-order valence-electron chi connectivity index (χ4n) is 2.99. The number of carbonyl (C=O) groups is 1. The van der Waals surface area contributed by atoms with Gasteiger partial charge in [0.15, 0.2) is 0 Å². The Balaban J connectivity index is 1.99. The molecular formula is C18H28N2O3. The first-order chi connectivity index (χ1) is 10.8. The van der Waals surface area contributed by atoms with E-state index in [1.54, 1.807) is 4.90 Å². The summed E-state index contributed by atoms with van der Waals surface area (Å²) in [5, 5.41) is 10.6. The zero-order valence-corrected chi connectivity index (χ0v) is 14.2. The van der Waals surface area contributed by atoms with E-state index in [1.807, 2.05) is 51.1 Å². The van der Waals surface area contributed by atoms with E-state index >= 15 is 0 Å². The summed E-state index contributed by atoms with van der Waals surface area (Å²) in [5.41, 5.74) is 6.73. The zero-order valence-electron chi connectivity index (χ0n) is 14.2. The normalized spacial score (nSPS) is 21.1. The molecule has 0 saturated carbocycles. The summed E-state index contributed by atoms with van der Waals surface area (Å²) in [6, 6.07) is 9.16. The molecule has 128 valence electrons. The number of carbonyl (C=O) groups excluding carboxylic acids is 1. The van der Waals surface area contributed by atoms with Gasteiger partial charge < -0.3 is 20.5 Å². The fourth-order valence-corrected chi connectivity index (χ4v) is 2.99. The number of hydrogen-bond donors (Lipinski definition) is 2. The van der Waals surface area contributed by atoms with Gasteiger partial charge in [0, 0.05) is 12.6 Å². The van der Waals surface area contributed by atoms with Crippen molar-refractivity contribution < 1.29 is 14.6 Å². The van der Waals surface area contributed by atoms with Gasteiger partial charge in [0.2, 0.25) is 0 Å². The number of hydrogen-bond acceptors (Lipinski definition) is 4. The van der Waals surface area contributed by atoms with E-state index in [-0.39, 0.29) is 12.1 Å². The molecule has 0 spiro atoms. The van der Waals surface area contributed by atoms with Crippen LogP contribution in [0.2, 0.25) is 0 Å². The third kappa shape index (κ3) is 4.94. The zero-order chi connectivity index (χ0) is 17.0. The lowest BCUT2D eigenvalue weighted by molar-refractivity contribution is 0.000868. The molecule has 3 atom stereocenters. The van der Waals surface area contributed by atoms with Crippen molar-refractivity contribution in [3.8, 4) is 0 Å². The summed E-state index contributed by atoms with van der Waals surface area (Å²) in [4.78, 5) is 13.9. The Kier molecular flexibility index (Phi) is 5.65. The van der Waals surface area contributed by atoms with Crippen LogP contribution in [0, 0.1) is 0 Å². The summed E-state index contributed by atoms with van der Waals surface area (Å²) >= 11 is 0. The average molecular weight is 320 g/mol. The number of ether oxygens (including phenoxy) is 1. The van der Waals surface area contributed by atoms with Crippen molar-refractivity contribution in [3.05, 3.63) is 35.9 Å². The fraction of sp³-hybridized carbons (Fsp3) is 0.611. The number of aliphatic hydroxyl groups excluding tert-OH is 1. The molecule has 3 N–H and O–H groups in total. The van der Waals surface area contributed by atoms with Gasteiger partial charge in [-0.3, -0.25) is 0 Å². The lowest BCUT2D eigenvalue weighted by Crippen LogP contribution is -2.52. The maximum absolute atomic E-state index is 12.3. The van der Waals surface area contributed by atoms with Gasteiger partial charge in [0.25, 0.3) is 0 Å². The standard InChI is InChI=1S/C18H28N2O3/c1-18(2,3)23-17(22)20-11-7-10-15(20)16(21)14(19)12-13-8-5-4-6-9-13/h4-6,8-9,14-16,21H,7,10-12,19H2,1-3H3/t14-,15+,16-/m1/s1. The topological polar surface area (TPSA) is 75.8 Å². The third-order valence-corrected chi connectivity index (χ3v) is 4.07. The van der Waals surface area contributed by atoms with Crippen LogP contribution in [0.15, 0.2) is 30.3 Å². The molecule has 23 heavy (non-hydrogen) atoms. The number of nitrogens with zero attached hydrogens (tertiary/aromatic N) is 1. The minimum Gasteiger partial charge on any atom is -0.444 e. The first kappa shape index (κ1) is 17.8. The van der Waals surface area contributed by atoms with E-state index in [2.05, 4.69) is 0 Å². The molecule has 1 aromatic rings. The average Bonchev–Trinajstić information content (AvgIpc) is 2.95. The lowest BCUT2D eigenvalue weighted by atomic mass is 9.96. The molecule has 5 nitrogen and oxygen atoms in total. The first-order valence-corrected chi connectivity index (χ1v) is 8.25.